The Morgan fingerprint density at radius 3 is 2.30 bits per heavy atom. The molecule has 0 heterocycles. The predicted molar refractivity (Wildman–Crippen MR) is 86.1 cm³/mol. The molecule has 0 bridgehead atoms. The van der Waals surface area contributed by atoms with E-state index in [0.717, 1.165) is 5.56 Å². The van der Waals surface area contributed by atoms with Crippen LogP contribution in [0.4, 0.5) is 5.69 Å². The summed E-state index contributed by atoms with van der Waals surface area (Å²) in [6.07, 6.45) is 0. The number of halogens is 1. The maximum absolute atomic E-state index is 12.4. The number of carbonyl (C=O) groups is 1. The Hall–Kier alpha value is -1.91. The highest BCUT2D eigenvalue weighted by Gasteiger charge is 2.23. The standard InChI is InChI=1S/C15H13ClN2OS/c16-11-8-4-5-9-12(11)18-15(19)13(14(17)20)10-6-2-1-3-7-10/h1-9,13H,(H2,17,20)(H,18,19). The van der Waals surface area contributed by atoms with E-state index in [0.29, 0.717) is 10.7 Å². The molecular weight excluding hydrogens is 292 g/mol. The van der Waals surface area contributed by atoms with Gasteiger partial charge in [-0.05, 0) is 17.7 Å². The minimum absolute atomic E-state index is 0.126. The maximum Gasteiger partial charge on any atom is 0.238 e. The fraction of sp³-hybridized carbons (Fsp3) is 0.0667. The Bertz CT molecular complexity index is 631. The van der Waals surface area contributed by atoms with Gasteiger partial charge in [0.1, 0.15) is 5.92 Å². The molecule has 0 aliphatic rings. The number of anilines is 1. The summed E-state index contributed by atoms with van der Waals surface area (Å²) in [5.41, 5.74) is 6.99. The fourth-order valence-corrected chi connectivity index (χ4v) is 2.28. The van der Waals surface area contributed by atoms with E-state index in [9.17, 15) is 4.79 Å². The molecule has 5 heteroatoms. The van der Waals surface area contributed by atoms with Gasteiger partial charge < -0.3 is 11.1 Å². The van der Waals surface area contributed by atoms with Crippen molar-refractivity contribution in [1.29, 1.82) is 0 Å². The van der Waals surface area contributed by atoms with E-state index >= 15 is 0 Å². The zero-order valence-corrected chi connectivity index (χ0v) is 12.1. The molecule has 0 radical (unpaired) electrons. The molecule has 0 spiro atoms. The lowest BCUT2D eigenvalue weighted by Gasteiger charge is -2.16. The van der Waals surface area contributed by atoms with Crippen molar-refractivity contribution in [3.63, 3.8) is 0 Å². The van der Waals surface area contributed by atoms with Gasteiger partial charge in [0.05, 0.1) is 15.7 Å². The first-order chi connectivity index (χ1) is 9.59. The summed E-state index contributed by atoms with van der Waals surface area (Å²) in [4.78, 5) is 12.5. The third kappa shape index (κ3) is 3.35. The lowest BCUT2D eigenvalue weighted by atomic mass is 9.98. The van der Waals surface area contributed by atoms with Crippen LogP contribution < -0.4 is 11.1 Å². The molecule has 2 aromatic rings. The average molecular weight is 305 g/mol. The molecule has 1 unspecified atom stereocenters. The first kappa shape index (κ1) is 14.5. The molecular formula is C15H13ClN2OS. The van der Waals surface area contributed by atoms with Gasteiger partial charge >= 0.3 is 0 Å². The number of benzene rings is 2. The molecule has 1 atom stereocenters. The van der Waals surface area contributed by atoms with Gasteiger partial charge in [-0.1, -0.05) is 66.3 Å². The first-order valence-electron chi connectivity index (χ1n) is 5.99. The number of carbonyl (C=O) groups excluding carboxylic acids is 1. The summed E-state index contributed by atoms with van der Waals surface area (Å²) in [6.45, 7) is 0. The zero-order valence-electron chi connectivity index (χ0n) is 10.5. The highest BCUT2D eigenvalue weighted by atomic mass is 35.5. The predicted octanol–water partition coefficient (Wildman–Crippen LogP) is 3.35. The topological polar surface area (TPSA) is 55.1 Å². The molecule has 0 saturated heterocycles. The van der Waals surface area contributed by atoms with Crippen LogP contribution in [0.1, 0.15) is 11.5 Å². The van der Waals surface area contributed by atoms with Crippen molar-refractivity contribution in [2.75, 3.05) is 5.32 Å². The van der Waals surface area contributed by atoms with Gasteiger partial charge in [0.15, 0.2) is 0 Å². The van der Waals surface area contributed by atoms with Crippen LogP contribution in [0.25, 0.3) is 0 Å². The second-order valence-electron chi connectivity index (χ2n) is 4.22. The van der Waals surface area contributed by atoms with Crippen LogP contribution in [0.15, 0.2) is 54.6 Å². The number of hydrogen-bond acceptors (Lipinski definition) is 2. The third-order valence-corrected chi connectivity index (χ3v) is 3.38. The molecule has 2 rings (SSSR count). The van der Waals surface area contributed by atoms with Gasteiger partial charge in [0, 0.05) is 0 Å². The molecule has 1 amide bonds. The zero-order chi connectivity index (χ0) is 14.5. The largest absolute Gasteiger partial charge is 0.392 e. The highest BCUT2D eigenvalue weighted by Crippen LogP contribution is 2.23. The van der Waals surface area contributed by atoms with Crippen molar-refractivity contribution in [3.8, 4) is 0 Å². The number of rotatable bonds is 4. The van der Waals surface area contributed by atoms with Crippen molar-refractivity contribution < 1.29 is 4.79 Å². The molecule has 0 fully saturated rings. The van der Waals surface area contributed by atoms with E-state index in [1.807, 2.05) is 30.3 Å². The van der Waals surface area contributed by atoms with Crippen molar-refractivity contribution in [2.45, 2.75) is 5.92 Å². The molecule has 3 N–H and O–H groups in total. The number of amides is 1. The van der Waals surface area contributed by atoms with Gasteiger partial charge in [0.25, 0.3) is 0 Å². The summed E-state index contributed by atoms with van der Waals surface area (Å²) in [7, 11) is 0. The molecule has 102 valence electrons. The van der Waals surface area contributed by atoms with Crippen LogP contribution in [0.5, 0.6) is 0 Å². The Morgan fingerprint density at radius 1 is 1.10 bits per heavy atom. The molecule has 0 aromatic heterocycles. The van der Waals surface area contributed by atoms with Crippen molar-refractivity contribution in [3.05, 3.63) is 65.2 Å². The number of nitrogens with two attached hydrogens (primary N) is 1. The quantitative estimate of drug-likeness (QED) is 0.852. The van der Waals surface area contributed by atoms with Gasteiger partial charge in [-0.2, -0.15) is 0 Å². The van der Waals surface area contributed by atoms with Gasteiger partial charge in [-0.15, -0.1) is 0 Å². The van der Waals surface area contributed by atoms with Crippen LogP contribution in [-0.4, -0.2) is 10.9 Å². The number of para-hydroxylation sites is 1. The molecule has 3 nitrogen and oxygen atoms in total. The van der Waals surface area contributed by atoms with Crippen LogP contribution in [0.2, 0.25) is 5.02 Å². The van der Waals surface area contributed by atoms with Gasteiger partial charge in [0.2, 0.25) is 5.91 Å². The highest BCUT2D eigenvalue weighted by molar-refractivity contribution is 7.80. The second kappa shape index (κ2) is 6.50. The minimum atomic E-state index is -0.678. The summed E-state index contributed by atoms with van der Waals surface area (Å²) in [6, 6.07) is 16.2. The Balaban J connectivity index is 2.25. The van der Waals surface area contributed by atoms with E-state index in [1.54, 1.807) is 24.3 Å². The van der Waals surface area contributed by atoms with Crippen LogP contribution >= 0.6 is 23.8 Å². The molecule has 2 aromatic carbocycles. The van der Waals surface area contributed by atoms with Crippen LogP contribution in [0.3, 0.4) is 0 Å². The lowest BCUT2D eigenvalue weighted by Crippen LogP contribution is -2.31. The summed E-state index contributed by atoms with van der Waals surface area (Å²) in [5, 5.41) is 3.22. The summed E-state index contributed by atoms with van der Waals surface area (Å²) >= 11 is 11.0. The van der Waals surface area contributed by atoms with Crippen LogP contribution in [-0.2, 0) is 4.79 Å². The van der Waals surface area contributed by atoms with Crippen molar-refractivity contribution in [1.82, 2.24) is 0 Å². The number of thiocarbonyl (C=S) groups is 1. The Morgan fingerprint density at radius 2 is 1.70 bits per heavy atom. The van der Waals surface area contributed by atoms with E-state index in [1.165, 1.54) is 0 Å². The lowest BCUT2D eigenvalue weighted by molar-refractivity contribution is -0.116. The Kier molecular flexibility index (Phi) is 4.71. The van der Waals surface area contributed by atoms with Crippen LogP contribution in [0, 0.1) is 0 Å². The monoisotopic (exact) mass is 304 g/mol. The SMILES string of the molecule is NC(=S)C(C(=O)Nc1ccccc1Cl)c1ccccc1. The maximum atomic E-state index is 12.4. The van der Waals surface area contributed by atoms with E-state index < -0.39 is 5.92 Å². The third-order valence-electron chi connectivity index (χ3n) is 2.81. The number of nitrogens with one attached hydrogen (secondary N) is 1. The van der Waals surface area contributed by atoms with Crippen molar-refractivity contribution >= 4 is 40.4 Å². The van der Waals surface area contributed by atoms with Gasteiger partial charge in [-0.3, -0.25) is 4.79 Å². The summed E-state index contributed by atoms with van der Waals surface area (Å²) in [5.74, 6) is -0.973. The summed E-state index contributed by atoms with van der Waals surface area (Å²) < 4.78 is 0. The van der Waals surface area contributed by atoms with Crippen molar-refractivity contribution in [2.24, 2.45) is 5.73 Å². The normalized spacial score (nSPS) is 11.7. The minimum Gasteiger partial charge on any atom is -0.392 e. The average Bonchev–Trinajstić information content (AvgIpc) is 2.42. The second-order valence-corrected chi connectivity index (χ2v) is 5.09. The molecule has 20 heavy (non-hydrogen) atoms. The van der Waals surface area contributed by atoms with E-state index in [4.69, 9.17) is 29.6 Å². The Labute approximate surface area is 127 Å². The smallest absolute Gasteiger partial charge is 0.238 e. The van der Waals surface area contributed by atoms with Gasteiger partial charge in [-0.25, -0.2) is 0 Å². The van der Waals surface area contributed by atoms with E-state index in [2.05, 4.69) is 5.32 Å². The molecule has 0 aliphatic carbocycles. The fourth-order valence-electron chi connectivity index (χ4n) is 1.86. The first-order valence-corrected chi connectivity index (χ1v) is 6.78. The molecule has 0 saturated carbocycles. The molecule has 0 aliphatic heterocycles. The number of hydrogen-bond donors (Lipinski definition) is 2. The van der Waals surface area contributed by atoms with E-state index in [-0.39, 0.29) is 10.9 Å².